The molecule has 1 aromatic heterocycles. The van der Waals surface area contributed by atoms with E-state index < -0.39 is 11.6 Å². The molecule has 44 heavy (non-hydrogen) atoms. The molecule has 0 spiro atoms. The first kappa shape index (κ1) is 30.3. The van der Waals surface area contributed by atoms with Gasteiger partial charge in [-0.1, -0.05) is 51.1 Å². The number of benzene rings is 3. The molecule has 9 heteroatoms. The Bertz CT molecular complexity index is 1760. The largest absolute Gasteiger partial charge is 0.457 e. The summed E-state index contributed by atoms with van der Waals surface area (Å²) in [5.74, 6) is 1.16. The van der Waals surface area contributed by atoms with Crippen LogP contribution in [0.1, 0.15) is 83.1 Å². The number of piperidine rings is 1. The number of likely N-dealkylation sites (tertiary alicyclic amines) is 1. The molecule has 3 atom stereocenters. The van der Waals surface area contributed by atoms with E-state index in [2.05, 4.69) is 37.1 Å². The van der Waals surface area contributed by atoms with Crippen molar-refractivity contribution in [2.45, 2.75) is 64.1 Å². The fourth-order valence-electron chi connectivity index (χ4n) is 6.86. The van der Waals surface area contributed by atoms with Gasteiger partial charge in [0, 0.05) is 29.2 Å². The van der Waals surface area contributed by atoms with Gasteiger partial charge in [-0.25, -0.2) is 0 Å². The van der Waals surface area contributed by atoms with E-state index in [1.165, 1.54) is 11.3 Å². The number of hydrogen-bond donors (Lipinski definition) is 4. The molecule has 1 aliphatic heterocycles. The minimum atomic E-state index is -1.53. The van der Waals surface area contributed by atoms with Crippen molar-refractivity contribution in [2.75, 3.05) is 25.4 Å². The normalized spacial score (nSPS) is 22.0. The lowest BCUT2D eigenvalue weighted by molar-refractivity contribution is -0.124. The van der Waals surface area contributed by atoms with E-state index in [0.29, 0.717) is 44.3 Å². The third-order valence-electron chi connectivity index (χ3n) is 9.20. The number of para-hydroxylation sites is 1. The quantitative estimate of drug-likeness (QED) is 0.197. The summed E-state index contributed by atoms with van der Waals surface area (Å²) in [5, 5.41) is 3.92. The minimum absolute atomic E-state index is 0.0328. The first-order valence-corrected chi connectivity index (χ1v) is 16.2. The van der Waals surface area contributed by atoms with Gasteiger partial charge in [-0.3, -0.25) is 9.59 Å². The average molecular weight is 612 g/mol. The van der Waals surface area contributed by atoms with Crippen LogP contribution in [-0.2, 0) is 10.3 Å². The molecule has 1 aliphatic carbocycles. The predicted octanol–water partition coefficient (Wildman–Crippen LogP) is 5.71. The molecule has 0 radical (unpaired) electrons. The molecule has 1 amide bonds. The molecule has 2 aliphatic rings. The number of thiophene rings is 1. The van der Waals surface area contributed by atoms with Gasteiger partial charge in [0.05, 0.1) is 15.6 Å². The van der Waals surface area contributed by atoms with Crippen LogP contribution in [0.3, 0.4) is 0 Å². The van der Waals surface area contributed by atoms with Gasteiger partial charge in [-0.2, -0.15) is 0 Å². The first-order valence-electron chi connectivity index (χ1n) is 15.4. The van der Waals surface area contributed by atoms with Crippen LogP contribution >= 0.6 is 11.3 Å². The number of anilines is 1. The number of carbonyl (C=O) groups is 2. The zero-order valence-electron chi connectivity index (χ0n) is 25.8. The summed E-state index contributed by atoms with van der Waals surface area (Å²) < 4.78 is 7.02. The highest BCUT2D eigenvalue weighted by Gasteiger charge is 2.49. The number of nitrogens with zero attached hydrogens (tertiary/aromatic N) is 1. The number of nitrogens with two attached hydrogens (primary N) is 3. The Morgan fingerprint density at radius 1 is 1.16 bits per heavy atom. The summed E-state index contributed by atoms with van der Waals surface area (Å²) in [6.45, 7) is 11.1. The number of aryl methyl sites for hydroxylation is 1. The highest BCUT2D eigenvalue weighted by atomic mass is 32.1. The zero-order chi connectivity index (χ0) is 31.3. The number of Topliss-reactive ketones (excluding diaryl/α,β-unsaturated/α-hetero) is 1. The fourth-order valence-corrected chi connectivity index (χ4v) is 8.06. The van der Waals surface area contributed by atoms with Crippen molar-refractivity contribution in [2.24, 2.45) is 11.5 Å². The van der Waals surface area contributed by atoms with Gasteiger partial charge in [0.2, 0.25) is 0 Å². The lowest BCUT2D eigenvalue weighted by Gasteiger charge is -2.37. The molecule has 1 fully saturated rings. The molecular weight excluding hydrogens is 570 g/mol. The molecule has 3 unspecified atom stereocenters. The van der Waals surface area contributed by atoms with E-state index in [4.69, 9.17) is 21.9 Å². The maximum Gasteiger partial charge on any atom is 0.262 e. The van der Waals surface area contributed by atoms with E-state index in [-0.39, 0.29) is 17.7 Å². The van der Waals surface area contributed by atoms with Gasteiger partial charge in [0.15, 0.2) is 5.78 Å². The summed E-state index contributed by atoms with van der Waals surface area (Å²) in [7, 11) is 0. The standard InChI is InChI=1S/C35H41N5O3S/c1-5-40-16-8-9-21(18-40)39-34(42)32-29-28-25(14-15-26(36)31(28)44-32)35(38,33(41)30(29)37)24-13-12-22(17-20(24)4)43-27-11-7-6-10-23(27)19(2)3/h6-7,10-15,17,19,21,30H,5,8-9,16,18,36-38H2,1-4H3,(H,39,42). The first-order chi connectivity index (χ1) is 21.0. The van der Waals surface area contributed by atoms with E-state index in [9.17, 15) is 9.59 Å². The fraction of sp³-hybridized carbons (Fsp3) is 0.371. The van der Waals surface area contributed by atoms with Gasteiger partial charge in [-0.15, -0.1) is 11.3 Å². The smallest absolute Gasteiger partial charge is 0.262 e. The molecule has 4 aromatic rings. The van der Waals surface area contributed by atoms with E-state index in [1.807, 2.05) is 49.4 Å². The van der Waals surface area contributed by atoms with E-state index in [0.717, 1.165) is 54.1 Å². The second-order valence-electron chi connectivity index (χ2n) is 12.4. The Kier molecular flexibility index (Phi) is 8.00. The predicted molar refractivity (Wildman–Crippen MR) is 178 cm³/mol. The summed E-state index contributed by atoms with van der Waals surface area (Å²) in [5.41, 5.74) is 23.0. The number of ether oxygens (including phenoxy) is 1. The number of amides is 1. The Labute approximate surface area is 262 Å². The number of hydrogen-bond acceptors (Lipinski definition) is 8. The summed E-state index contributed by atoms with van der Waals surface area (Å²) in [6.07, 6.45) is 1.94. The molecule has 1 saturated heterocycles. The number of likely N-dealkylation sites (N-methyl/N-ethyl adjacent to an activating group) is 1. The third-order valence-corrected chi connectivity index (χ3v) is 10.5. The lowest BCUT2D eigenvalue weighted by Crippen LogP contribution is -2.53. The molecule has 0 bridgehead atoms. The van der Waals surface area contributed by atoms with Crippen LogP contribution in [0.15, 0.2) is 54.6 Å². The van der Waals surface area contributed by atoms with Gasteiger partial charge in [0.1, 0.15) is 17.0 Å². The van der Waals surface area contributed by atoms with E-state index in [1.54, 1.807) is 6.07 Å². The molecule has 6 rings (SSSR count). The second-order valence-corrected chi connectivity index (χ2v) is 13.4. The average Bonchev–Trinajstić information content (AvgIpc) is 3.42. The van der Waals surface area contributed by atoms with Crippen LogP contribution in [0.4, 0.5) is 5.69 Å². The van der Waals surface area contributed by atoms with Crippen molar-refractivity contribution in [3.8, 4) is 11.5 Å². The van der Waals surface area contributed by atoms with Crippen LogP contribution in [0.25, 0.3) is 10.1 Å². The van der Waals surface area contributed by atoms with Crippen molar-refractivity contribution in [1.82, 2.24) is 10.2 Å². The van der Waals surface area contributed by atoms with Crippen molar-refractivity contribution < 1.29 is 14.3 Å². The maximum atomic E-state index is 14.3. The second kappa shape index (κ2) is 11.6. The highest BCUT2D eigenvalue weighted by Crippen LogP contribution is 2.50. The van der Waals surface area contributed by atoms with Crippen molar-refractivity contribution >= 4 is 38.8 Å². The van der Waals surface area contributed by atoms with Crippen LogP contribution in [0.2, 0.25) is 0 Å². The Morgan fingerprint density at radius 3 is 2.64 bits per heavy atom. The molecular formula is C35H41N5O3S. The third kappa shape index (κ3) is 4.98. The van der Waals surface area contributed by atoms with Gasteiger partial charge in [-0.05, 0) is 85.3 Å². The summed E-state index contributed by atoms with van der Waals surface area (Å²) >= 11 is 1.29. The zero-order valence-corrected chi connectivity index (χ0v) is 26.6. The Balaban J connectivity index is 1.40. The highest BCUT2D eigenvalue weighted by molar-refractivity contribution is 7.21. The van der Waals surface area contributed by atoms with Gasteiger partial charge < -0.3 is 32.2 Å². The summed E-state index contributed by atoms with van der Waals surface area (Å²) in [6, 6.07) is 16.1. The van der Waals surface area contributed by atoms with Crippen LogP contribution in [-0.4, -0.2) is 42.3 Å². The van der Waals surface area contributed by atoms with Crippen LogP contribution < -0.4 is 27.3 Å². The van der Waals surface area contributed by atoms with Gasteiger partial charge >= 0.3 is 0 Å². The number of ketones is 1. The number of nitrogens with one attached hydrogen (secondary N) is 1. The number of rotatable bonds is 7. The van der Waals surface area contributed by atoms with Crippen molar-refractivity contribution in [1.29, 1.82) is 0 Å². The van der Waals surface area contributed by atoms with Crippen molar-refractivity contribution in [3.63, 3.8) is 0 Å². The lowest BCUT2D eigenvalue weighted by atomic mass is 9.69. The monoisotopic (exact) mass is 611 g/mol. The van der Waals surface area contributed by atoms with Crippen molar-refractivity contribution in [3.05, 3.63) is 87.3 Å². The number of carbonyl (C=O) groups excluding carboxylic acids is 2. The molecule has 3 aromatic carbocycles. The Morgan fingerprint density at radius 2 is 1.91 bits per heavy atom. The Hall–Kier alpha value is -3.76. The molecule has 8 nitrogen and oxygen atoms in total. The maximum absolute atomic E-state index is 14.3. The molecule has 230 valence electrons. The molecule has 2 heterocycles. The minimum Gasteiger partial charge on any atom is -0.457 e. The van der Waals surface area contributed by atoms with Crippen LogP contribution in [0.5, 0.6) is 11.5 Å². The SMILES string of the molecule is CCN1CCCC(NC(=O)c2sc3c(N)ccc4c3c2C(N)C(=O)C4(N)c2ccc(Oc3ccccc3C(C)C)cc2C)C1. The molecule has 0 saturated carbocycles. The van der Waals surface area contributed by atoms with Gasteiger partial charge in [0.25, 0.3) is 5.91 Å². The number of nitrogen functional groups attached to an aromatic ring is 1. The summed E-state index contributed by atoms with van der Waals surface area (Å²) in [4.78, 5) is 30.8. The van der Waals surface area contributed by atoms with E-state index >= 15 is 0 Å². The van der Waals surface area contributed by atoms with Crippen LogP contribution in [0, 0.1) is 6.92 Å². The molecule has 7 N–H and O–H groups in total. The topological polar surface area (TPSA) is 137 Å².